The van der Waals surface area contributed by atoms with Crippen molar-refractivity contribution in [1.29, 1.82) is 0 Å². The molecule has 0 radical (unpaired) electrons. The van der Waals surface area contributed by atoms with Crippen LogP contribution in [0.2, 0.25) is 0 Å². The zero-order valence-electron chi connectivity index (χ0n) is 17.7. The van der Waals surface area contributed by atoms with Crippen molar-refractivity contribution in [3.8, 4) is 0 Å². The first-order valence-corrected chi connectivity index (χ1v) is 9.94. The number of urea groups is 1. The Kier molecular flexibility index (Phi) is 9.00. The number of carbonyl (C=O) groups is 2. The maximum Gasteiger partial charge on any atom is 0.490 e. The van der Waals surface area contributed by atoms with E-state index in [9.17, 15) is 18.0 Å². The van der Waals surface area contributed by atoms with Crippen molar-refractivity contribution in [3.05, 3.63) is 48.0 Å². The fourth-order valence-electron chi connectivity index (χ4n) is 3.33. The van der Waals surface area contributed by atoms with Crippen LogP contribution in [0.3, 0.4) is 0 Å². The summed E-state index contributed by atoms with van der Waals surface area (Å²) in [6, 6.07) is 3.79. The standard InChI is InChI=1S/C18H25N5O2.C2HF3O2/c1-3-25-17-6-8-23(16(17)9-15-12-21-22(2)13-15)18(24)20-11-14-5-4-7-19-10-14;3-2(4,5)1(6)7/h4-5,7,10,12-13,16-17H,3,6,8-9,11H2,1-2H3,(H,20,24);(H,6,7)/t16-,17-;/m1./s1. The second-order valence-corrected chi connectivity index (χ2v) is 7.09. The first kappa shape index (κ1) is 25.1. The lowest BCUT2D eigenvalue weighted by atomic mass is 10.0. The van der Waals surface area contributed by atoms with Crippen molar-refractivity contribution in [1.82, 2.24) is 25.0 Å². The van der Waals surface area contributed by atoms with E-state index in [1.165, 1.54) is 0 Å². The average Bonchev–Trinajstić information content (AvgIpc) is 3.33. The number of hydrogen-bond acceptors (Lipinski definition) is 5. The molecule has 0 aliphatic carbocycles. The Morgan fingerprint density at radius 2 is 2.03 bits per heavy atom. The molecule has 0 unspecified atom stereocenters. The second kappa shape index (κ2) is 11.5. The number of carboxylic acids is 1. The minimum atomic E-state index is -5.08. The van der Waals surface area contributed by atoms with Gasteiger partial charge in [-0.1, -0.05) is 6.07 Å². The van der Waals surface area contributed by atoms with E-state index in [4.69, 9.17) is 14.6 Å². The first-order valence-electron chi connectivity index (χ1n) is 9.94. The predicted octanol–water partition coefficient (Wildman–Crippen LogP) is 2.38. The fraction of sp³-hybridized carbons (Fsp3) is 0.500. The van der Waals surface area contributed by atoms with E-state index in [2.05, 4.69) is 15.4 Å². The van der Waals surface area contributed by atoms with Crippen LogP contribution in [0.25, 0.3) is 0 Å². The fourth-order valence-corrected chi connectivity index (χ4v) is 3.33. The highest BCUT2D eigenvalue weighted by atomic mass is 19.4. The molecule has 3 heterocycles. The third-order valence-corrected chi connectivity index (χ3v) is 4.74. The lowest BCUT2D eigenvalue weighted by Gasteiger charge is -2.28. The average molecular weight is 457 g/mol. The zero-order valence-corrected chi connectivity index (χ0v) is 17.7. The summed E-state index contributed by atoms with van der Waals surface area (Å²) in [7, 11) is 1.90. The third-order valence-electron chi connectivity index (χ3n) is 4.74. The monoisotopic (exact) mass is 457 g/mol. The van der Waals surface area contributed by atoms with E-state index in [1.807, 2.05) is 43.4 Å². The molecule has 1 saturated heterocycles. The molecule has 2 aromatic rings. The number of nitrogens with one attached hydrogen (secondary N) is 1. The number of hydrogen-bond donors (Lipinski definition) is 2. The van der Waals surface area contributed by atoms with E-state index >= 15 is 0 Å². The number of carboxylic acid groups (broad SMARTS) is 1. The van der Waals surface area contributed by atoms with Crippen molar-refractivity contribution < 1.29 is 32.6 Å². The third kappa shape index (κ3) is 7.52. The van der Waals surface area contributed by atoms with Gasteiger partial charge in [-0.25, -0.2) is 9.59 Å². The summed E-state index contributed by atoms with van der Waals surface area (Å²) in [6.45, 7) is 3.82. The van der Waals surface area contributed by atoms with Crippen LogP contribution in [-0.2, 0) is 29.5 Å². The number of ether oxygens (including phenoxy) is 1. The Morgan fingerprint density at radius 1 is 1.31 bits per heavy atom. The lowest BCUT2D eigenvalue weighted by Crippen LogP contribution is -2.46. The molecule has 2 amide bonds. The van der Waals surface area contributed by atoms with Gasteiger partial charge in [-0.3, -0.25) is 9.67 Å². The maximum absolute atomic E-state index is 12.7. The highest BCUT2D eigenvalue weighted by Gasteiger charge is 2.38. The molecule has 3 rings (SSSR count). The molecule has 1 aliphatic heterocycles. The Bertz CT molecular complexity index is 876. The number of rotatable bonds is 6. The molecule has 0 spiro atoms. The Labute approximate surface area is 183 Å². The minimum Gasteiger partial charge on any atom is -0.475 e. The number of likely N-dealkylation sites (tertiary alicyclic amines) is 1. The summed E-state index contributed by atoms with van der Waals surface area (Å²) < 4.78 is 39.4. The van der Waals surface area contributed by atoms with E-state index in [0.29, 0.717) is 19.7 Å². The van der Waals surface area contributed by atoms with E-state index in [0.717, 1.165) is 24.0 Å². The van der Waals surface area contributed by atoms with Crippen LogP contribution in [0.5, 0.6) is 0 Å². The highest BCUT2D eigenvalue weighted by Crippen LogP contribution is 2.24. The van der Waals surface area contributed by atoms with Gasteiger partial charge in [-0.15, -0.1) is 0 Å². The molecule has 12 heteroatoms. The van der Waals surface area contributed by atoms with E-state index in [1.54, 1.807) is 17.1 Å². The van der Waals surface area contributed by atoms with Gasteiger partial charge in [0.15, 0.2) is 0 Å². The molecular formula is C20H26F3N5O4. The molecule has 0 aromatic carbocycles. The van der Waals surface area contributed by atoms with Crippen molar-refractivity contribution >= 4 is 12.0 Å². The summed E-state index contributed by atoms with van der Waals surface area (Å²) >= 11 is 0. The molecule has 1 aliphatic rings. The van der Waals surface area contributed by atoms with Gasteiger partial charge >= 0.3 is 18.2 Å². The first-order chi connectivity index (χ1) is 15.1. The predicted molar refractivity (Wildman–Crippen MR) is 108 cm³/mol. The van der Waals surface area contributed by atoms with E-state index in [-0.39, 0.29) is 18.2 Å². The highest BCUT2D eigenvalue weighted by molar-refractivity contribution is 5.75. The molecule has 9 nitrogen and oxygen atoms in total. The number of alkyl halides is 3. The molecule has 1 fully saturated rings. The lowest BCUT2D eigenvalue weighted by molar-refractivity contribution is -0.192. The van der Waals surface area contributed by atoms with E-state index < -0.39 is 12.1 Å². The number of aliphatic carboxylic acids is 1. The number of halogens is 3. The molecule has 0 saturated carbocycles. The van der Waals surface area contributed by atoms with Crippen molar-refractivity contribution in [2.24, 2.45) is 7.05 Å². The van der Waals surface area contributed by atoms with Gasteiger partial charge in [-0.05, 0) is 37.0 Å². The van der Waals surface area contributed by atoms with Crippen LogP contribution in [0.1, 0.15) is 24.5 Å². The molecule has 32 heavy (non-hydrogen) atoms. The minimum absolute atomic E-state index is 0.0260. The SMILES string of the molecule is CCO[C@@H]1CCN(C(=O)NCc2cccnc2)[C@@H]1Cc1cnn(C)c1.O=C(O)C(F)(F)F. The van der Waals surface area contributed by atoms with Crippen LogP contribution >= 0.6 is 0 Å². The Balaban J connectivity index is 0.000000451. The molecule has 0 bridgehead atoms. The Morgan fingerprint density at radius 3 is 2.56 bits per heavy atom. The molecular weight excluding hydrogens is 431 g/mol. The van der Waals surface area contributed by atoms with Crippen LogP contribution in [-0.4, -0.2) is 68.2 Å². The molecule has 176 valence electrons. The number of carbonyl (C=O) groups excluding carboxylic acids is 1. The Hall–Kier alpha value is -3.15. The molecule has 2 atom stereocenters. The summed E-state index contributed by atoms with van der Waals surface area (Å²) in [5.41, 5.74) is 2.10. The van der Waals surface area contributed by atoms with Crippen LogP contribution in [0.4, 0.5) is 18.0 Å². The smallest absolute Gasteiger partial charge is 0.475 e. The normalized spacial score (nSPS) is 18.1. The van der Waals surface area contributed by atoms with Crippen LogP contribution in [0.15, 0.2) is 36.9 Å². The maximum atomic E-state index is 12.7. The second-order valence-electron chi connectivity index (χ2n) is 7.09. The summed E-state index contributed by atoms with van der Waals surface area (Å²) in [5, 5.41) is 14.3. The van der Waals surface area contributed by atoms with Gasteiger partial charge in [0, 0.05) is 45.3 Å². The number of pyridine rings is 1. The van der Waals surface area contributed by atoms with Gasteiger partial charge in [0.05, 0.1) is 18.3 Å². The molecule has 2 aromatic heterocycles. The van der Waals surface area contributed by atoms with Crippen LogP contribution < -0.4 is 5.32 Å². The number of nitrogens with zero attached hydrogens (tertiary/aromatic N) is 4. The van der Waals surface area contributed by atoms with Crippen LogP contribution in [0, 0.1) is 0 Å². The zero-order chi connectivity index (χ0) is 23.7. The molecule has 2 N–H and O–H groups in total. The topological polar surface area (TPSA) is 110 Å². The quantitative estimate of drug-likeness (QED) is 0.689. The number of amides is 2. The van der Waals surface area contributed by atoms with Gasteiger partial charge < -0.3 is 20.1 Å². The summed E-state index contributed by atoms with van der Waals surface area (Å²) in [4.78, 5) is 27.6. The largest absolute Gasteiger partial charge is 0.490 e. The van der Waals surface area contributed by atoms with Gasteiger partial charge in [0.25, 0.3) is 0 Å². The van der Waals surface area contributed by atoms with Gasteiger partial charge in [0.1, 0.15) is 0 Å². The van der Waals surface area contributed by atoms with Crippen molar-refractivity contribution in [2.75, 3.05) is 13.2 Å². The summed E-state index contributed by atoms with van der Waals surface area (Å²) in [5.74, 6) is -2.76. The summed E-state index contributed by atoms with van der Waals surface area (Å²) in [6.07, 6.45) is 3.93. The van der Waals surface area contributed by atoms with Gasteiger partial charge in [-0.2, -0.15) is 18.3 Å². The van der Waals surface area contributed by atoms with Crippen molar-refractivity contribution in [3.63, 3.8) is 0 Å². The number of aryl methyl sites for hydroxylation is 1. The van der Waals surface area contributed by atoms with Crippen molar-refractivity contribution in [2.45, 2.75) is 44.6 Å². The van der Waals surface area contributed by atoms with Gasteiger partial charge in [0.2, 0.25) is 0 Å². The number of aromatic nitrogens is 3.